The van der Waals surface area contributed by atoms with Gasteiger partial charge in [-0.25, -0.2) is 0 Å². The molecule has 1 aliphatic rings. The molecule has 118 valence electrons. The first-order chi connectivity index (χ1) is 11.1. The molecule has 0 atom stereocenters. The van der Waals surface area contributed by atoms with Crippen molar-refractivity contribution in [3.05, 3.63) is 58.6 Å². The van der Waals surface area contributed by atoms with Crippen molar-refractivity contribution in [3.8, 4) is 0 Å². The van der Waals surface area contributed by atoms with E-state index in [-0.39, 0.29) is 11.8 Å². The van der Waals surface area contributed by atoms with Gasteiger partial charge in [0.2, 0.25) is 11.8 Å². The van der Waals surface area contributed by atoms with Crippen LogP contribution in [-0.4, -0.2) is 18.4 Å². The summed E-state index contributed by atoms with van der Waals surface area (Å²) < 4.78 is 0.858. The highest BCUT2D eigenvalue weighted by Gasteiger charge is 2.21. The van der Waals surface area contributed by atoms with Crippen molar-refractivity contribution in [2.45, 2.75) is 19.3 Å². The van der Waals surface area contributed by atoms with E-state index < -0.39 is 0 Å². The summed E-state index contributed by atoms with van der Waals surface area (Å²) >= 11 is 3.41. The molecule has 1 aliphatic heterocycles. The molecule has 0 radical (unpaired) electrons. The Balaban J connectivity index is 1.63. The third-order valence-corrected chi connectivity index (χ3v) is 4.53. The average Bonchev–Trinajstić information content (AvgIpc) is 2.96. The van der Waals surface area contributed by atoms with Gasteiger partial charge in [-0.05, 0) is 52.2 Å². The Morgan fingerprint density at radius 1 is 1.13 bits per heavy atom. The summed E-state index contributed by atoms with van der Waals surface area (Å²) in [5, 5.41) is 2.89. The number of rotatable bonds is 4. The molecule has 4 nitrogen and oxygen atoms in total. The Kier molecular flexibility index (Phi) is 4.76. The molecule has 1 fully saturated rings. The zero-order chi connectivity index (χ0) is 16.2. The molecular formula is C18H17BrN2O2. The normalized spacial score (nSPS) is 14.1. The van der Waals surface area contributed by atoms with Gasteiger partial charge in [0.05, 0.1) is 12.1 Å². The second-order valence-electron chi connectivity index (χ2n) is 5.52. The molecule has 0 saturated carbocycles. The van der Waals surface area contributed by atoms with Crippen LogP contribution in [0.1, 0.15) is 18.4 Å². The molecule has 1 heterocycles. The molecule has 3 rings (SSSR count). The van der Waals surface area contributed by atoms with Gasteiger partial charge < -0.3 is 10.2 Å². The second kappa shape index (κ2) is 6.96. The number of carbonyl (C=O) groups excluding carboxylic acids is 2. The lowest BCUT2D eigenvalue weighted by Crippen LogP contribution is -2.23. The van der Waals surface area contributed by atoms with E-state index in [0.717, 1.165) is 34.4 Å². The number of nitrogens with zero attached hydrogens (tertiary/aromatic N) is 1. The first kappa shape index (κ1) is 15.7. The topological polar surface area (TPSA) is 49.4 Å². The van der Waals surface area contributed by atoms with E-state index in [1.54, 1.807) is 4.90 Å². The average molecular weight is 373 g/mol. The molecule has 2 aromatic rings. The molecule has 23 heavy (non-hydrogen) atoms. The van der Waals surface area contributed by atoms with Crippen LogP contribution in [0, 0.1) is 0 Å². The summed E-state index contributed by atoms with van der Waals surface area (Å²) in [5.41, 5.74) is 2.59. The molecular weight excluding hydrogens is 356 g/mol. The van der Waals surface area contributed by atoms with Crippen LogP contribution in [0.3, 0.4) is 0 Å². The summed E-state index contributed by atoms with van der Waals surface area (Å²) in [7, 11) is 0. The minimum Gasteiger partial charge on any atom is -0.325 e. The van der Waals surface area contributed by atoms with Gasteiger partial charge in [-0.3, -0.25) is 9.59 Å². The largest absolute Gasteiger partial charge is 0.325 e. The van der Waals surface area contributed by atoms with Crippen molar-refractivity contribution < 1.29 is 9.59 Å². The zero-order valence-electron chi connectivity index (χ0n) is 12.6. The summed E-state index contributed by atoms with van der Waals surface area (Å²) in [6.07, 6.45) is 1.83. The lowest BCUT2D eigenvalue weighted by molar-refractivity contribution is -0.117. The van der Waals surface area contributed by atoms with Gasteiger partial charge in [-0.15, -0.1) is 0 Å². The number of anilines is 2. The molecule has 5 heteroatoms. The fourth-order valence-corrected chi connectivity index (χ4v) is 3.04. The van der Waals surface area contributed by atoms with Crippen LogP contribution >= 0.6 is 15.9 Å². The molecule has 1 saturated heterocycles. The molecule has 0 bridgehead atoms. The maximum Gasteiger partial charge on any atom is 0.228 e. The van der Waals surface area contributed by atoms with E-state index in [2.05, 4.69) is 21.2 Å². The van der Waals surface area contributed by atoms with Crippen molar-refractivity contribution in [2.24, 2.45) is 0 Å². The minimum absolute atomic E-state index is 0.0677. The SMILES string of the molecule is O=C(Cc1ccc(N2CCCC2=O)cc1)Nc1ccccc1Br. The first-order valence-corrected chi connectivity index (χ1v) is 8.36. The van der Waals surface area contributed by atoms with E-state index in [9.17, 15) is 9.59 Å². The van der Waals surface area contributed by atoms with Crippen LogP contribution in [0.25, 0.3) is 0 Å². The van der Waals surface area contributed by atoms with Gasteiger partial charge in [0, 0.05) is 23.1 Å². The highest BCUT2D eigenvalue weighted by atomic mass is 79.9. The summed E-state index contributed by atoms with van der Waals surface area (Å²) in [6, 6.07) is 15.1. The van der Waals surface area contributed by atoms with Gasteiger partial charge in [-0.1, -0.05) is 24.3 Å². The van der Waals surface area contributed by atoms with Crippen molar-refractivity contribution >= 4 is 39.1 Å². The second-order valence-corrected chi connectivity index (χ2v) is 6.37. The molecule has 2 aromatic carbocycles. The summed E-state index contributed by atoms with van der Waals surface area (Å²) in [4.78, 5) is 25.7. The lowest BCUT2D eigenvalue weighted by Gasteiger charge is -2.16. The van der Waals surface area contributed by atoms with E-state index >= 15 is 0 Å². The van der Waals surface area contributed by atoms with Crippen molar-refractivity contribution in [2.75, 3.05) is 16.8 Å². The summed E-state index contributed by atoms with van der Waals surface area (Å²) in [6.45, 7) is 0.778. The maximum absolute atomic E-state index is 12.1. The first-order valence-electron chi connectivity index (χ1n) is 7.57. The third kappa shape index (κ3) is 3.79. The number of halogens is 1. The summed E-state index contributed by atoms with van der Waals surface area (Å²) in [5.74, 6) is 0.103. The zero-order valence-corrected chi connectivity index (χ0v) is 14.2. The number of nitrogens with one attached hydrogen (secondary N) is 1. The number of amides is 2. The molecule has 1 N–H and O–H groups in total. The van der Waals surface area contributed by atoms with Crippen LogP contribution in [0.4, 0.5) is 11.4 Å². The van der Waals surface area contributed by atoms with Gasteiger partial charge in [0.25, 0.3) is 0 Å². The molecule has 0 aliphatic carbocycles. The molecule has 0 aromatic heterocycles. The van der Waals surface area contributed by atoms with Crippen LogP contribution in [0.15, 0.2) is 53.0 Å². The standard InChI is InChI=1S/C18H17BrN2O2/c19-15-4-1-2-5-16(15)20-17(22)12-13-7-9-14(10-8-13)21-11-3-6-18(21)23/h1-2,4-5,7-10H,3,6,11-12H2,(H,20,22). The van der Waals surface area contributed by atoms with Gasteiger partial charge in [-0.2, -0.15) is 0 Å². The van der Waals surface area contributed by atoms with Crippen LogP contribution in [-0.2, 0) is 16.0 Å². The highest BCUT2D eigenvalue weighted by molar-refractivity contribution is 9.10. The third-order valence-electron chi connectivity index (χ3n) is 3.83. The minimum atomic E-state index is -0.0677. The number of carbonyl (C=O) groups is 2. The quantitative estimate of drug-likeness (QED) is 0.887. The van der Waals surface area contributed by atoms with Crippen molar-refractivity contribution in [1.29, 1.82) is 0 Å². The number of hydrogen-bond donors (Lipinski definition) is 1. The number of benzene rings is 2. The van der Waals surface area contributed by atoms with E-state index in [4.69, 9.17) is 0 Å². The lowest BCUT2D eigenvalue weighted by atomic mass is 10.1. The van der Waals surface area contributed by atoms with Crippen LogP contribution in [0.5, 0.6) is 0 Å². The van der Waals surface area contributed by atoms with E-state index in [1.807, 2.05) is 48.5 Å². The fraction of sp³-hybridized carbons (Fsp3) is 0.222. The van der Waals surface area contributed by atoms with Gasteiger partial charge >= 0.3 is 0 Å². The van der Waals surface area contributed by atoms with Crippen molar-refractivity contribution in [3.63, 3.8) is 0 Å². The smallest absolute Gasteiger partial charge is 0.228 e. The van der Waals surface area contributed by atoms with Crippen LogP contribution in [0.2, 0.25) is 0 Å². The van der Waals surface area contributed by atoms with Gasteiger partial charge in [0.15, 0.2) is 0 Å². The number of para-hydroxylation sites is 1. The maximum atomic E-state index is 12.1. The highest BCUT2D eigenvalue weighted by Crippen LogP contribution is 2.23. The Morgan fingerprint density at radius 2 is 1.87 bits per heavy atom. The Hall–Kier alpha value is -2.14. The predicted octanol–water partition coefficient (Wildman–Crippen LogP) is 3.76. The predicted molar refractivity (Wildman–Crippen MR) is 94.5 cm³/mol. The number of hydrogen-bond acceptors (Lipinski definition) is 2. The Morgan fingerprint density at radius 3 is 2.52 bits per heavy atom. The molecule has 2 amide bonds. The van der Waals surface area contributed by atoms with Gasteiger partial charge in [0.1, 0.15) is 0 Å². The Bertz CT molecular complexity index is 728. The van der Waals surface area contributed by atoms with E-state index in [1.165, 1.54) is 0 Å². The fourth-order valence-electron chi connectivity index (χ4n) is 2.66. The Labute approximate surface area is 143 Å². The van der Waals surface area contributed by atoms with E-state index in [0.29, 0.717) is 12.8 Å². The molecule has 0 unspecified atom stereocenters. The monoisotopic (exact) mass is 372 g/mol. The van der Waals surface area contributed by atoms with Crippen LogP contribution < -0.4 is 10.2 Å². The molecule has 0 spiro atoms. The van der Waals surface area contributed by atoms with Crippen molar-refractivity contribution in [1.82, 2.24) is 0 Å².